The van der Waals surface area contributed by atoms with Crippen LogP contribution in [0.25, 0.3) is 0 Å². The van der Waals surface area contributed by atoms with Gasteiger partial charge in [0.25, 0.3) is 5.91 Å². The van der Waals surface area contributed by atoms with Crippen molar-refractivity contribution in [2.45, 2.75) is 26.8 Å². The molecule has 3 nitrogen and oxygen atoms in total. The number of carbonyl (C=O) groups is 1. The van der Waals surface area contributed by atoms with E-state index in [1.807, 2.05) is 19.9 Å². The Bertz CT molecular complexity index is 443. The van der Waals surface area contributed by atoms with Crippen LogP contribution >= 0.6 is 0 Å². The lowest BCUT2D eigenvalue weighted by molar-refractivity contribution is 0.0937. The van der Waals surface area contributed by atoms with Gasteiger partial charge in [0.05, 0.1) is 6.07 Å². The van der Waals surface area contributed by atoms with Crippen LogP contribution in [-0.2, 0) is 0 Å². The second-order valence-electron chi connectivity index (χ2n) is 4.34. The van der Waals surface area contributed by atoms with Gasteiger partial charge in [-0.3, -0.25) is 4.79 Å². The van der Waals surface area contributed by atoms with Crippen LogP contribution in [0.15, 0.2) is 18.2 Å². The number of carbonyl (C=O) groups excluding carboxylic acids is 1. The van der Waals surface area contributed by atoms with Crippen LogP contribution in [0.4, 0.5) is 4.39 Å². The summed E-state index contributed by atoms with van der Waals surface area (Å²) in [6, 6.07) is 5.54. The number of rotatable bonds is 3. The van der Waals surface area contributed by atoms with Crippen LogP contribution < -0.4 is 5.32 Å². The van der Waals surface area contributed by atoms with Gasteiger partial charge in [0, 0.05) is 5.56 Å². The summed E-state index contributed by atoms with van der Waals surface area (Å²) in [5.74, 6) is -0.861. The van der Waals surface area contributed by atoms with Gasteiger partial charge in [-0.2, -0.15) is 5.26 Å². The minimum atomic E-state index is -0.564. The molecule has 0 heterocycles. The van der Waals surface area contributed by atoms with Crippen LogP contribution in [0.5, 0.6) is 0 Å². The minimum Gasteiger partial charge on any atom is -0.336 e. The van der Waals surface area contributed by atoms with Crippen molar-refractivity contribution in [3.8, 4) is 6.07 Å². The fraction of sp³-hybridized carbons (Fsp3) is 0.385. The van der Waals surface area contributed by atoms with Gasteiger partial charge >= 0.3 is 0 Å². The second-order valence-corrected chi connectivity index (χ2v) is 4.34. The largest absolute Gasteiger partial charge is 0.336 e. The molecule has 4 heteroatoms. The van der Waals surface area contributed by atoms with Crippen molar-refractivity contribution in [2.75, 3.05) is 0 Å². The van der Waals surface area contributed by atoms with E-state index in [4.69, 9.17) is 5.26 Å². The first-order chi connectivity index (χ1) is 7.93. The van der Waals surface area contributed by atoms with Crippen LogP contribution in [0.1, 0.15) is 29.8 Å². The van der Waals surface area contributed by atoms with E-state index in [-0.39, 0.29) is 11.5 Å². The monoisotopic (exact) mass is 234 g/mol. The van der Waals surface area contributed by atoms with Crippen molar-refractivity contribution in [3.05, 3.63) is 35.1 Å². The number of hydrogen-bond acceptors (Lipinski definition) is 2. The lowest BCUT2D eigenvalue weighted by atomic mass is 10.0. The molecular formula is C13H15FN2O. The normalized spacial score (nSPS) is 12.0. The van der Waals surface area contributed by atoms with E-state index in [2.05, 4.69) is 5.32 Å². The molecule has 0 aromatic heterocycles. The molecule has 17 heavy (non-hydrogen) atoms. The third kappa shape index (κ3) is 3.56. The van der Waals surface area contributed by atoms with Crippen molar-refractivity contribution in [3.63, 3.8) is 0 Å². The predicted molar refractivity (Wildman–Crippen MR) is 62.8 cm³/mol. The van der Waals surface area contributed by atoms with Gasteiger partial charge in [-0.1, -0.05) is 13.8 Å². The molecule has 0 aliphatic rings. The van der Waals surface area contributed by atoms with Gasteiger partial charge in [0.15, 0.2) is 0 Å². The maximum atomic E-state index is 13.1. The summed E-state index contributed by atoms with van der Waals surface area (Å²) in [5, 5.41) is 11.4. The summed E-state index contributed by atoms with van der Waals surface area (Å²) in [5.41, 5.74) is 0.914. The van der Waals surface area contributed by atoms with Gasteiger partial charge in [0.2, 0.25) is 0 Å². The Hall–Kier alpha value is -1.89. The molecule has 0 radical (unpaired) electrons. The molecule has 0 saturated heterocycles. The van der Waals surface area contributed by atoms with Crippen molar-refractivity contribution in [2.24, 2.45) is 5.92 Å². The molecule has 0 saturated carbocycles. The summed E-state index contributed by atoms with van der Waals surface area (Å²) < 4.78 is 13.1. The second kappa shape index (κ2) is 5.44. The third-order valence-electron chi connectivity index (χ3n) is 2.40. The van der Waals surface area contributed by atoms with Crippen molar-refractivity contribution in [1.29, 1.82) is 5.26 Å². The Balaban J connectivity index is 2.87. The first kappa shape index (κ1) is 13.2. The summed E-state index contributed by atoms with van der Waals surface area (Å²) in [4.78, 5) is 11.8. The van der Waals surface area contributed by atoms with Gasteiger partial charge in [-0.15, -0.1) is 0 Å². The zero-order valence-electron chi connectivity index (χ0n) is 10.1. The van der Waals surface area contributed by atoms with E-state index >= 15 is 0 Å². The fourth-order valence-electron chi connectivity index (χ4n) is 1.44. The molecule has 1 unspecified atom stereocenters. The lowest BCUT2D eigenvalue weighted by Gasteiger charge is -2.15. The molecule has 1 aromatic rings. The van der Waals surface area contributed by atoms with E-state index in [1.165, 1.54) is 6.07 Å². The smallest absolute Gasteiger partial charge is 0.252 e. The molecule has 0 fully saturated rings. The molecule has 0 aliphatic heterocycles. The van der Waals surface area contributed by atoms with E-state index in [0.717, 1.165) is 6.07 Å². The lowest BCUT2D eigenvalue weighted by Crippen LogP contribution is -2.37. The van der Waals surface area contributed by atoms with Crippen LogP contribution in [-0.4, -0.2) is 11.9 Å². The average Bonchev–Trinajstić information content (AvgIpc) is 2.23. The standard InChI is InChI=1S/C13H15FN2O/c1-8(2)12(7-15)16-13(17)10-4-9(3)5-11(14)6-10/h4-6,8,12H,1-3H3,(H,16,17). The highest BCUT2D eigenvalue weighted by molar-refractivity contribution is 5.94. The number of nitrogens with one attached hydrogen (secondary N) is 1. The minimum absolute atomic E-state index is 0.0126. The summed E-state index contributed by atoms with van der Waals surface area (Å²) >= 11 is 0. The molecule has 0 aliphatic carbocycles. The van der Waals surface area contributed by atoms with Gasteiger partial charge in [-0.05, 0) is 36.6 Å². The summed E-state index contributed by atoms with van der Waals surface area (Å²) in [6.07, 6.45) is 0. The first-order valence-corrected chi connectivity index (χ1v) is 5.41. The number of amides is 1. The molecule has 1 aromatic carbocycles. The Labute approximate surface area is 100 Å². The van der Waals surface area contributed by atoms with E-state index < -0.39 is 17.8 Å². The van der Waals surface area contributed by atoms with Crippen LogP contribution in [0.3, 0.4) is 0 Å². The fourth-order valence-corrected chi connectivity index (χ4v) is 1.44. The molecule has 90 valence electrons. The molecule has 1 N–H and O–H groups in total. The average molecular weight is 234 g/mol. The highest BCUT2D eigenvalue weighted by atomic mass is 19.1. The van der Waals surface area contributed by atoms with E-state index in [0.29, 0.717) is 5.56 Å². The Kier molecular flexibility index (Phi) is 4.22. The van der Waals surface area contributed by atoms with Gasteiger partial charge in [-0.25, -0.2) is 4.39 Å². The highest BCUT2D eigenvalue weighted by Gasteiger charge is 2.16. The summed E-state index contributed by atoms with van der Waals surface area (Å²) in [6.45, 7) is 5.39. The van der Waals surface area contributed by atoms with Gasteiger partial charge in [0.1, 0.15) is 11.9 Å². The molecule has 0 spiro atoms. The Morgan fingerprint density at radius 3 is 2.53 bits per heavy atom. The number of halogens is 1. The number of hydrogen-bond donors (Lipinski definition) is 1. The Morgan fingerprint density at radius 2 is 2.06 bits per heavy atom. The maximum absolute atomic E-state index is 13.1. The van der Waals surface area contributed by atoms with E-state index in [9.17, 15) is 9.18 Å². The van der Waals surface area contributed by atoms with Crippen LogP contribution in [0, 0.1) is 30.0 Å². The predicted octanol–water partition coefficient (Wildman–Crippen LogP) is 2.41. The highest BCUT2D eigenvalue weighted by Crippen LogP contribution is 2.09. The maximum Gasteiger partial charge on any atom is 0.252 e. The summed E-state index contributed by atoms with van der Waals surface area (Å²) in [7, 11) is 0. The third-order valence-corrected chi connectivity index (χ3v) is 2.40. The molecule has 1 amide bonds. The molecule has 0 bridgehead atoms. The molecular weight excluding hydrogens is 219 g/mol. The van der Waals surface area contributed by atoms with Crippen molar-refractivity contribution >= 4 is 5.91 Å². The van der Waals surface area contributed by atoms with Crippen LogP contribution in [0.2, 0.25) is 0 Å². The zero-order valence-corrected chi connectivity index (χ0v) is 10.1. The quantitative estimate of drug-likeness (QED) is 0.873. The molecule has 1 rings (SSSR count). The topological polar surface area (TPSA) is 52.9 Å². The molecule has 1 atom stereocenters. The number of benzene rings is 1. The first-order valence-electron chi connectivity index (χ1n) is 5.41. The zero-order chi connectivity index (χ0) is 13.0. The SMILES string of the molecule is Cc1cc(F)cc(C(=O)NC(C#N)C(C)C)c1. The number of nitrogens with zero attached hydrogens (tertiary/aromatic N) is 1. The number of nitriles is 1. The number of aryl methyl sites for hydroxylation is 1. The van der Waals surface area contributed by atoms with E-state index in [1.54, 1.807) is 13.0 Å². The van der Waals surface area contributed by atoms with Crippen molar-refractivity contribution in [1.82, 2.24) is 5.32 Å². The van der Waals surface area contributed by atoms with Crippen molar-refractivity contribution < 1.29 is 9.18 Å². The Morgan fingerprint density at radius 1 is 1.41 bits per heavy atom. The van der Waals surface area contributed by atoms with Gasteiger partial charge < -0.3 is 5.32 Å².